The molecule has 16 heavy (non-hydrogen) atoms. The first-order chi connectivity index (χ1) is 7.56. The van der Waals surface area contributed by atoms with Crippen LogP contribution in [0.5, 0.6) is 0 Å². The van der Waals surface area contributed by atoms with Gasteiger partial charge < -0.3 is 10.4 Å². The summed E-state index contributed by atoms with van der Waals surface area (Å²) in [5.41, 5.74) is 0. The molecule has 1 amide bonds. The van der Waals surface area contributed by atoms with Crippen LogP contribution in [-0.4, -0.2) is 34.5 Å². The normalized spacial score (nSPS) is 12.1. The minimum atomic E-state index is -0.993. The highest BCUT2D eigenvalue weighted by Crippen LogP contribution is 2.15. The Bertz CT molecular complexity index is 221. The maximum atomic E-state index is 11.4. The zero-order valence-electron chi connectivity index (χ0n) is 9.99. The van der Waals surface area contributed by atoms with Gasteiger partial charge in [-0.05, 0) is 6.42 Å². The second-order valence-corrected chi connectivity index (χ2v) is 5.31. The number of thioether (sulfide) groups is 1. The third-order valence-corrected chi connectivity index (χ3v) is 3.28. The van der Waals surface area contributed by atoms with Gasteiger partial charge in [-0.1, -0.05) is 20.3 Å². The topological polar surface area (TPSA) is 66.4 Å². The summed E-state index contributed by atoms with van der Waals surface area (Å²) in [5, 5.41) is 10.9. The van der Waals surface area contributed by atoms with Crippen LogP contribution in [0.4, 0.5) is 4.79 Å². The van der Waals surface area contributed by atoms with Gasteiger partial charge in [0.1, 0.15) is 5.78 Å². The minimum Gasteiger partial charge on any atom is -0.465 e. The number of ketones is 1. The van der Waals surface area contributed by atoms with Crippen LogP contribution in [0.3, 0.4) is 0 Å². The Morgan fingerprint density at radius 3 is 2.69 bits per heavy atom. The molecule has 1 atom stereocenters. The van der Waals surface area contributed by atoms with Crippen molar-refractivity contribution in [3.8, 4) is 0 Å². The van der Waals surface area contributed by atoms with E-state index in [1.54, 1.807) is 11.8 Å². The largest absolute Gasteiger partial charge is 0.465 e. The Kier molecular flexibility index (Phi) is 9.09. The minimum absolute atomic E-state index is 0.278. The van der Waals surface area contributed by atoms with Crippen molar-refractivity contribution in [1.82, 2.24) is 5.32 Å². The summed E-state index contributed by atoms with van der Waals surface area (Å²) in [5.74, 6) is 1.03. The van der Waals surface area contributed by atoms with Gasteiger partial charge in [0.2, 0.25) is 0 Å². The molecule has 0 aromatic heterocycles. The number of hydrogen-bond acceptors (Lipinski definition) is 3. The van der Waals surface area contributed by atoms with Gasteiger partial charge in [0.05, 0.1) is 0 Å². The molecule has 0 bridgehead atoms. The molecule has 0 saturated carbocycles. The van der Waals surface area contributed by atoms with Crippen molar-refractivity contribution in [2.24, 2.45) is 0 Å². The van der Waals surface area contributed by atoms with E-state index in [0.717, 1.165) is 12.8 Å². The SMILES string of the molecule is CCCCC(=O)CC(C)SCCNC(=O)O. The van der Waals surface area contributed by atoms with Crippen LogP contribution < -0.4 is 5.32 Å². The van der Waals surface area contributed by atoms with Crippen molar-refractivity contribution in [3.63, 3.8) is 0 Å². The lowest BCUT2D eigenvalue weighted by Gasteiger charge is -2.10. The molecule has 0 spiro atoms. The molecule has 0 aliphatic rings. The molecule has 2 N–H and O–H groups in total. The van der Waals surface area contributed by atoms with E-state index < -0.39 is 6.09 Å². The van der Waals surface area contributed by atoms with E-state index in [2.05, 4.69) is 12.2 Å². The lowest BCUT2D eigenvalue weighted by molar-refractivity contribution is -0.119. The summed E-state index contributed by atoms with van der Waals surface area (Å²) in [7, 11) is 0. The zero-order valence-corrected chi connectivity index (χ0v) is 10.8. The Balaban J connectivity index is 3.46. The molecule has 0 aliphatic heterocycles. The quantitative estimate of drug-likeness (QED) is 0.614. The van der Waals surface area contributed by atoms with E-state index in [-0.39, 0.29) is 5.25 Å². The predicted molar refractivity (Wildman–Crippen MR) is 67.1 cm³/mol. The maximum absolute atomic E-state index is 11.4. The number of amides is 1. The van der Waals surface area contributed by atoms with Crippen molar-refractivity contribution >= 4 is 23.6 Å². The van der Waals surface area contributed by atoms with Crippen molar-refractivity contribution in [1.29, 1.82) is 0 Å². The van der Waals surface area contributed by atoms with Crippen molar-refractivity contribution in [3.05, 3.63) is 0 Å². The molecule has 0 aromatic rings. The molecule has 1 unspecified atom stereocenters. The van der Waals surface area contributed by atoms with Crippen LogP contribution in [0.15, 0.2) is 0 Å². The monoisotopic (exact) mass is 247 g/mol. The fourth-order valence-electron chi connectivity index (χ4n) is 1.27. The summed E-state index contributed by atoms with van der Waals surface area (Å²) in [6, 6.07) is 0. The van der Waals surface area contributed by atoms with Gasteiger partial charge in [-0.15, -0.1) is 0 Å². The summed E-state index contributed by atoms with van der Waals surface area (Å²) < 4.78 is 0. The molecule has 0 fully saturated rings. The summed E-state index contributed by atoms with van der Waals surface area (Å²) in [6.07, 6.45) is 2.30. The number of hydrogen-bond donors (Lipinski definition) is 2. The Morgan fingerprint density at radius 1 is 1.44 bits per heavy atom. The number of nitrogens with one attached hydrogen (secondary N) is 1. The Hall–Kier alpha value is -0.710. The summed E-state index contributed by atoms with van der Waals surface area (Å²) in [6.45, 7) is 4.52. The van der Waals surface area contributed by atoms with Gasteiger partial charge in [0.15, 0.2) is 0 Å². The molecule has 0 aliphatic carbocycles. The molecule has 94 valence electrons. The van der Waals surface area contributed by atoms with Crippen molar-refractivity contribution in [2.75, 3.05) is 12.3 Å². The second kappa shape index (κ2) is 9.51. The molecule has 0 heterocycles. The summed E-state index contributed by atoms with van der Waals surface area (Å²) in [4.78, 5) is 21.6. The van der Waals surface area contributed by atoms with Crippen LogP contribution in [-0.2, 0) is 4.79 Å². The summed E-state index contributed by atoms with van der Waals surface area (Å²) >= 11 is 1.63. The second-order valence-electron chi connectivity index (χ2n) is 3.76. The fourth-order valence-corrected chi connectivity index (χ4v) is 2.20. The highest BCUT2D eigenvalue weighted by atomic mass is 32.2. The van der Waals surface area contributed by atoms with Crippen LogP contribution in [0.25, 0.3) is 0 Å². The van der Waals surface area contributed by atoms with Crippen LogP contribution in [0.1, 0.15) is 39.5 Å². The van der Waals surface area contributed by atoms with E-state index in [4.69, 9.17) is 5.11 Å². The average Bonchev–Trinajstić information content (AvgIpc) is 2.21. The van der Waals surface area contributed by atoms with Gasteiger partial charge in [0, 0.05) is 30.4 Å². The van der Waals surface area contributed by atoms with Gasteiger partial charge in [-0.2, -0.15) is 11.8 Å². The fraction of sp³-hybridized carbons (Fsp3) is 0.818. The van der Waals surface area contributed by atoms with Crippen LogP contribution in [0, 0.1) is 0 Å². The zero-order chi connectivity index (χ0) is 12.4. The highest BCUT2D eigenvalue weighted by molar-refractivity contribution is 7.99. The number of carboxylic acid groups (broad SMARTS) is 1. The van der Waals surface area contributed by atoms with Gasteiger partial charge in [-0.25, -0.2) is 4.79 Å². The van der Waals surface area contributed by atoms with Crippen LogP contribution >= 0.6 is 11.8 Å². The lowest BCUT2D eigenvalue weighted by atomic mass is 10.1. The first-order valence-corrected chi connectivity index (χ1v) is 6.71. The number of carbonyl (C=O) groups excluding carboxylic acids is 1. The maximum Gasteiger partial charge on any atom is 0.404 e. The van der Waals surface area contributed by atoms with E-state index in [9.17, 15) is 9.59 Å². The standard InChI is InChI=1S/C11H21NO3S/c1-3-4-5-10(13)8-9(2)16-7-6-12-11(14)15/h9,12H,3-8H2,1-2H3,(H,14,15). The van der Waals surface area contributed by atoms with E-state index in [1.165, 1.54) is 0 Å². The first kappa shape index (κ1) is 15.3. The molecule has 0 radical (unpaired) electrons. The molecular weight excluding hydrogens is 226 g/mol. The first-order valence-electron chi connectivity index (χ1n) is 5.66. The highest BCUT2D eigenvalue weighted by Gasteiger charge is 2.08. The number of rotatable bonds is 9. The Morgan fingerprint density at radius 2 is 2.12 bits per heavy atom. The van der Waals surface area contributed by atoms with E-state index in [1.807, 2.05) is 6.92 Å². The van der Waals surface area contributed by atoms with Crippen LogP contribution in [0.2, 0.25) is 0 Å². The number of Topliss-reactive ketones (excluding diaryl/α,β-unsaturated/α-hetero) is 1. The molecule has 0 saturated heterocycles. The molecule has 0 rings (SSSR count). The lowest BCUT2D eigenvalue weighted by Crippen LogP contribution is -2.24. The molecular formula is C11H21NO3S. The smallest absolute Gasteiger partial charge is 0.404 e. The van der Waals surface area contributed by atoms with Crippen molar-refractivity contribution < 1.29 is 14.7 Å². The average molecular weight is 247 g/mol. The number of unbranched alkanes of at least 4 members (excludes halogenated alkanes) is 1. The molecule has 0 aromatic carbocycles. The molecule has 5 heteroatoms. The molecule has 4 nitrogen and oxygen atoms in total. The van der Waals surface area contributed by atoms with Gasteiger partial charge in [0.25, 0.3) is 0 Å². The van der Waals surface area contributed by atoms with Gasteiger partial charge >= 0.3 is 6.09 Å². The Labute approximate surface area is 101 Å². The number of carbonyl (C=O) groups is 2. The van der Waals surface area contributed by atoms with E-state index >= 15 is 0 Å². The van der Waals surface area contributed by atoms with Gasteiger partial charge in [-0.3, -0.25) is 4.79 Å². The van der Waals surface area contributed by atoms with E-state index in [0.29, 0.717) is 30.9 Å². The van der Waals surface area contributed by atoms with Crippen molar-refractivity contribution in [2.45, 2.75) is 44.8 Å². The third kappa shape index (κ3) is 9.83. The predicted octanol–water partition coefficient (Wildman–Crippen LogP) is 2.53. The third-order valence-electron chi connectivity index (χ3n) is 2.10.